The number of pyridine rings is 1. The maximum absolute atomic E-state index is 12.1. The Morgan fingerprint density at radius 1 is 1.28 bits per heavy atom. The summed E-state index contributed by atoms with van der Waals surface area (Å²) >= 11 is 0. The number of aromatic nitrogens is 1. The first kappa shape index (κ1) is 16.7. The molecule has 0 saturated heterocycles. The van der Waals surface area contributed by atoms with Crippen LogP contribution in [0.5, 0.6) is 0 Å². The van der Waals surface area contributed by atoms with E-state index in [0.717, 1.165) is 11.1 Å². The summed E-state index contributed by atoms with van der Waals surface area (Å²) in [5.41, 5.74) is 2.47. The molecule has 7 heteroatoms. The first-order chi connectivity index (χ1) is 12.2. The standard InChI is InChI=1S/C18H19N5O2/c19-11-13-5-3-7-20-17(13)21-8-9-22-18(25)23-16-14-6-2-1-4-12(14)10-15(16)24/h1-7,15-16,24H,8-10H2,(H,20,21)(H2,22,23,25)/t15-,16+/m0/s1. The molecule has 1 aliphatic rings. The van der Waals surface area contributed by atoms with Crippen LogP contribution >= 0.6 is 0 Å². The summed E-state index contributed by atoms with van der Waals surface area (Å²) in [7, 11) is 0. The molecule has 0 bridgehead atoms. The van der Waals surface area contributed by atoms with E-state index in [-0.39, 0.29) is 6.03 Å². The molecule has 7 nitrogen and oxygen atoms in total. The number of nitrogens with zero attached hydrogens (tertiary/aromatic N) is 2. The first-order valence-electron chi connectivity index (χ1n) is 8.08. The zero-order chi connectivity index (χ0) is 17.6. The number of benzene rings is 1. The third-order valence-electron chi connectivity index (χ3n) is 4.12. The fourth-order valence-electron chi connectivity index (χ4n) is 2.93. The van der Waals surface area contributed by atoms with Gasteiger partial charge in [0.15, 0.2) is 0 Å². The Bertz CT molecular complexity index is 802. The Labute approximate surface area is 145 Å². The lowest BCUT2D eigenvalue weighted by Gasteiger charge is -2.18. The first-order valence-corrected chi connectivity index (χ1v) is 8.08. The normalized spacial score (nSPS) is 18.1. The molecule has 25 heavy (non-hydrogen) atoms. The second kappa shape index (κ2) is 7.64. The Kier molecular flexibility index (Phi) is 5.11. The van der Waals surface area contributed by atoms with Gasteiger partial charge in [0.1, 0.15) is 11.9 Å². The van der Waals surface area contributed by atoms with E-state index in [1.807, 2.05) is 24.3 Å². The molecule has 2 atom stereocenters. The molecule has 3 rings (SSSR count). The number of nitrogens with one attached hydrogen (secondary N) is 3. The van der Waals surface area contributed by atoms with Crippen molar-refractivity contribution >= 4 is 11.8 Å². The SMILES string of the molecule is N#Cc1cccnc1NCCNC(=O)N[C@@H]1c2ccccc2C[C@@H]1O. The van der Waals surface area contributed by atoms with E-state index in [9.17, 15) is 9.90 Å². The molecule has 1 aromatic heterocycles. The van der Waals surface area contributed by atoms with Crippen molar-refractivity contribution in [1.29, 1.82) is 5.26 Å². The number of aliphatic hydroxyl groups excluding tert-OH is 1. The number of urea groups is 1. The molecular formula is C18H19N5O2. The highest BCUT2D eigenvalue weighted by molar-refractivity contribution is 5.74. The molecule has 4 N–H and O–H groups in total. The van der Waals surface area contributed by atoms with Crippen LogP contribution in [0.2, 0.25) is 0 Å². The molecule has 0 unspecified atom stereocenters. The van der Waals surface area contributed by atoms with Crippen molar-refractivity contribution in [3.63, 3.8) is 0 Å². The van der Waals surface area contributed by atoms with Crippen molar-refractivity contribution in [2.75, 3.05) is 18.4 Å². The average Bonchev–Trinajstić information content (AvgIpc) is 2.94. The summed E-state index contributed by atoms with van der Waals surface area (Å²) in [5, 5.41) is 27.7. The fraction of sp³-hybridized carbons (Fsp3) is 0.278. The molecule has 2 aromatic rings. The maximum atomic E-state index is 12.1. The van der Waals surface area contributed by atoms with Crippen LogP contribution in [0.1, 0.15) is 22.7 Å². The third kappa shape index (κ3) is 3.87. The van der Waals surface area contributed by atoms with Crippen LogP contribution < -0.4 is 16.0 Å². The van der Waals surface area contributed by atoms with Crippen LogP contribution in [0.15, 0.2) is 42.6 Å². The summed E-state index contributed by atoms with van der Waals surface area (Å²) in [4.78, 5) is 16.1. The van der Waals surface area contributed by atoms with Gasteiger partial charge in [-0.2, -0.15) is 5.26 Å². The van der Waals surface area contributed by atoms with E-state index in [1.165, 1.54) is 0 Å². The van der Waals surface area contributed by atoms with Gasteiger partial charge in [-0.25, -0.2) is 9.78 Å². The molecule has 0 aliphatic heterocycles. The second-order valence-electron chi connectivity index (χ2n) is 5.79. The van der Waals surface area contributed by atoms with Crippen molar-refractivity contribution in [3.8, 4) is 6.07 Å². The zero-order valence-corrected chi connectivity index (χ0v) is 13.6. The minimum atomic E-state index is -0.618. The lowest BCUT2D eigenvalue weighted by Crippen LogP contribution is -2.42. The predicted molar refractivity (Wildman–Crippen MR) is 92.9 cm³/mol. The van der Waals surface area contributed by atoms with Crippen molar-refractivity contribution < 1.29 is 9.90 Å². The molecule has 1 heterocycles. The highest BCUT2D eigenvalue weighted by atomic mass is 16.3. The van der Waals surface area contributed by atoms with Crippen LogP contribution in [-0.4, -0.2) is 35.3 Å². The van der Waals surface area contributed by atoms with Crippen molar-refractivity contribution in [1.82, 2.24) is 15.6 Å². The van der Waals surface area contributed by atoms with Gasteiger partial charge < -0.3 is 21.1 Å². The summed E-state index contributed by atoms with van der Waals surface area (Å²) in [5.74, 6) is 0.493. The van der Waals surface area contributed by atoms with Gasteiger partial charge in [-0.3, -0.25) is 0 Å². The van der Waals surface area contributed by atoms with E-state index in [0.29, 0.717) is 30.9 Å². The molecule has 0 fully saturated rings. The van der Waals surface area contributed by atoms with Crippen molar-refractivity contribution in [2.24, 2.45) is 0 Å². The van der Waals surface area contributed by atoms with E-state index >= 15 is 0 Å². The number of carbonyl (C=O) groups is 1. The largest absolute Gasteiger partial charge is 0.390 e. The minimum absolute atomic E-state index is 0.343. The number of carbonyl (C=O) groups excluding carboxylic acids is 1. The van der Waals surface area contributed by atoms with Crippen LogP contribution in [0.25, 0.3) is 0 Å². The van der Waals surface area contributed by atoms with E-state index in [2.05, 4.69) is 27.0 Å². The van der Waals surface area contributed by atoms with Crippen LogP contribution in [0.4, 0.5) is 10.6 Å². The molecule has 2 amide bonds. The number of anilines is 1. The molecule has 0 spiro atoms. The molecule has 128 valence electrons. The minimum Gasteiger partial charge on any atom is -0.390 e. The van der Waals surface area contributed by atoms with E-state index in [4.69, 9.17) is 5.26 Å². The molecule has 0 saturated carbocycles. The second-order valence-corrected chi connectivity index (χ2v) is 5.79. The quantitative estimate of drug-likeness (QED) is 0.615. The maximum Gasteiger partial charge on any atom is 0.315 e. The van der Waals surface area contributed by atoms with E-state index in [1.54, 1.807) is 18.3 Å². The highest BCUT2D eigenvalue weighted by Crippen LogP contribution is 2.30. The summed E-state index contributed by atoms with van der Waals surface area (Å²) < 4.78 is 0. The monoisotopic (exact) mass is 337 g/mol. The number of aliphatic hydroxyl groups is 1. The van der Waals surface area contributed by atoms with Gasteiger partial charge in [0.05, 0.1) is 17.7 Å². The number of hydrogen-bond acceptors (Lipinski definition) is 5. The number of fused-ring (bicyclic) bond motifs is 1. The zero-order valence-electron chi connectivity index (χ0n) is 13.6. The van der Waals surface area contributed by atoms with Gasteiger partial charge in [0.25, 0.3) is 0 Å². The third-order valence-corrected chi connectivity index (χ3v) is 4.12. The molecule has 0 radical (unpaired) electrons. The number of nitriles is 1. The smallest absolute Gasteiger partial charge is 0.315 e. The summed E-state index contributed by atoms with van der Waals surface area (Å²) in [6, 6.07) is 12.4. The fourth-order valence-corrected chi connectivity index (χ4v) is 2.93. The topological polar surface area (TPSA) is 110 Å². The Morgan fingerprint density at radius 3 is 2.96 bits per heavy atom. The Balaban J connectivity index is 1.47. The van der Waals surface area contributed by atoms with Crippen LogP contribution in [-0.2, 0) is 6.42 Å². The molecular weight excluding hydrogens is 318 g/mol. The Morgan fingerprint density at radius 2 is 2.12 bits per heavy atom. The summed E-state index contributed by atoms with van der Waals surface area (Å²) in [6.07, 6.45) is 1.52. The van der Waals surface area contributed by atoms with Gasteiger partial charge in [-0.15, -0.1) is 0 Å². The number of rotatable bonds is 5. The highest BCUT2D eigenvalue weighted by Gasteiger charge is 2.31. The van der Waals surface area contributed by atoms with Crippen molar-refractivity contribution in [2.45, 2.75) is 18.6 Å². The van der Waals surface area contributed by atoms with E-state index < -0.39 is 12.1 Å². The molecule has 1 aliphatic carbocycles. The van der Waals surface area contributed by atoms with Gasteiger partial charge in [-0.05, 0) is 23.3 Å². The van der Waals surface area contributed by atoms with Gasteiger partial charge in [-0.1, -0.05) is 24.3 Å². The van der Waals surface area contributed by atoms with Crippen LogP contribution in [0, 0.1) is 11.3 Å². The van der Waals surface area contributed by atoms with Crippen molar-refractivity contribution in [3.05, 3.63) is 59.3 Å². The average molecular weight is 337 g/mol. The van der Waals surface area contributed by atoms with Crippen LogP contribution in [0.3, 0.4) is 0 Å². The predicted octanol–water partition coefficient (Wildman–Crippen LogP) is 1.32. The lowest BCUT2D eigenvalue weighted by atomic mass is 10.1. The summed E-state index contributed by atoms with van der Waals surface area (Å²) in [6.45, 7) is 0.792. The number of amides is 2. The lowest BCUT2D eigenvalue weighted by molar-refractivity contribution is 0.142. The molecule has 1 aromatic carbocycles. The van der Waals surface area contributed by atoms with Gasteiger partial charge >= 0.3 is 6.03 Å². The van der Waals surface area contributed by atoms with Gasteiger partial charge in [0, 0.05) is 25.7 Å². The number of hydrogen-bond donors (Lipinski definition) is 4. The van der Waals surface area contributed by atoms with Gasteiger partial charge in [0.2, 0.25) is 0 Å². The Hall–Kier alpha value is -3.11.